The lowest BCUT2D eigenvalue weighted by Gasteiger charge is -2.61. The molecule has 4 aliphatic rings. The minimum absolute atomic E-state index is 0.0250. The molecular weight excluding hydrogens is 414 g/mol. The van der Waals surface area contributed by atoms with E-state index in [0.717, 1.165) is 48.9 Å². The molecule has 4 fully saturated rings. The highest BCUT2D eigenvalue weighted by Crippen LogP contribution is 2.68. The summed E-state index contributed by atoms with van der Waals surface area (Å²) in [7, 11) is 0. The number of aliphatic hydroxyl groups is 2. The lowest BCUT2D eigenvalue weighted by atomic mass is 9.44. The fourth-order valence-electron chi connectivity index (χ4n) is 9.29. The Morgan fingerprint density at radius 2 is 1.79 bits per heavy atom. The maximum Gasteiger partial charge on any atom is 0.220 e. The molecular formula is C28H49NO4. The van der Waals surface area contributed by atoms with Gasteiger partial charge < -0.3 is 20.3 Å². The summed E-state index contributed by atoms with van der Waals surface area (Å²) in [5.74, 6) is 4.77. The van der Waals surface area contributed by atoms with Crippen molar-refractivity contribution in [2.75, 3.05) is 26.4 Å². The summed E-state index contributed by atoms with van der Waals surface area (Å²) in [6.45, 7) is 8.91. The third-order valence-electron chi connectivity index (χ3n) is 11.0. The highest BCUT2D eigenvalue weighted by molar-refractivity contribution is 5.75. The Labute approximate surface area is 201 Å². The molecule has 0 unspecified atom stereocenters. The van der Waals surface area contributed by atoms with Gasteiger partial charge in [-0.15, -0.1) is 0 Å². The largest absolute Gasteiger partial charge is 0.394 e. The molecule has 4 aliphatic carbocycles. The van der Waals surface area contributed by atoms with E-state index in [4.69, 9.17) is 9.84 Å². The Bertz CT molecular complexity index is 670. The van der Waals surface area contributed by atoms with Crippen LogP contribution < -0.4 is 5.32 Å². The minimum Gasteiger partial charge on any atom is -0.394 e. The smallest absolute Gasteiger partial charge is 0.220 e. The summed E-state index contributed by atoms with van der Waals surface area (Å²) in [4.78, 5) is 12.3. The lowest BCUT2D eigenvalue weighted by Crippen LogP contribution is -2.54. The number of carbonyl (C=O) groups excluding carboxylic acids is 1. The van der Waals surface area contributed by atoms with Crippen LogP contribution in [0.1, 0.15) is 91.4 Å². The van der Waals surface area contributed by atoms with Crippen LogP contribution in [0.5, 0.6) is 0 Å². The average molecular weight is 464 g/mol. The molecule has 0 spiro atoms. The van der Waals surface area contributed by atoms with E-state index < -0.39 is 0 Å². The highest BCUT2D eigenvalue weighted by Gasteiger charge is 2.60. The second-order valence-corrected chi connectivity index (χ2v) is 12.5. The zero-order chi connectivity index (χ0) is 23.6. The monoisotopic (exact) mass is 463 g/mol. The van der Waals surface area contributed by atoms with Crippen molar-refractivity contribution in [1.82, 2.24) is 5.32 Å². The van der Waals surface area contributed by atoms with Crippen LogP contribution >= 0.6 is 0 Å². The van der Waals surface area contributed by atoms with Crippen molar-refractivity contribution < 1.29 is 19.7 Å². The molecule has 4 rings (SSSR count). The Balaban J connectivity index is 1.31. The molecule has 3 N–H and O–H groups in total. The van der Waals surface area contributed by atoms with Gasteiger partial charge in [0.25, 0.3) is 0 Å². The number of fused-ring (bicyclic) bond motifs is 5. The van der Waals surface area contributed by atoms with E-state index in [1.54, 1.807) is 0 Å². The second-order valence-electron chi connectivity index (χ2n) is 12.5. The van der Waals surface area contributed by atoms with Crippen LogP contribution in [0.25, 0.3) is 0 Å². The Morgan fingerprint density at radius 1 is 1.03 bits per heavy atom. The van der Waals surface area contributed by atoms with Gasteiger partial charge in [-0.05, 0) is 111 Å². The third kappa shape index (κ3) is 5.02. The molecule has 0 radical (unpaired) electrons. The van der Waals surface area contributed by atoms with E-state index in [2.05, 4.69) is 26.1 Å². The summed E-state index contributed by atoms with van der Waals surface area (Å²) in [6.07, 6.45) is 12.9. The molecule has 190 valence electrons. The first kappa shape index (κ1) is 25.4. The number of hydrogen-bond acceptors (Lipinski definition) is 4. The van der Waals surface area contributed by atoms with E-state index in [0.29, 0.717) is 42.9 Å². The molecule has 0 saturated heterocycles. The van der Waals surface area contributed by atoms with Gasteiger partial charge in [0.2, 0.25) is 5.91 Å². The van der Waals surface area contributed by atoms with E-state index in [-0.39, 0.29) is 18.6 Å². The van der Waals surface area contributed by atoms with Crippen molar-refractivity contribution in [3.63, 3.8) is 0 Å². The number of nitrogens with one attached hydrogen (secondary N) is 1. The van der Waals surface area contributed by atoms with Crippen molar-refractivity contribution in [1.29, 1.82) is 0 Å². The van der Waals surface area contributed by atoms with Crippen LogP contribution in [0.4, 0.5) is 0 Å². The fourth-order valence-corrected chi connectivity index (χ4v) is 9.29. The summed E-state index contributed by atoms with van der Waals surface area (Å²) in [5.41, 5.74) is 0.888. The van der Waals surface area contributed by atoms with Crippen LogP contribution in [-0.2, 0) is 9.53 Å². The summed E-state index contributed by atoms with van der Waals surface area (Å²) in [6, 6.07) is 0. The number of carbonyl (C=O) groups is 1. The van der Waals surface area contributed by atoms with Gasteiger partial charge in [-0.2, -0.15) is 0 Å². The fraction of sp³-hybridized carbons (Fsp3) is 0.964. The quantitative estimate of drug-likeness (QED) is 0.439. The SMILES string of the molecule is C[C@H](CCC(=O)NCCOCCO)[C@H]1CC[C@H]2[C@@H]3CC[C@@H]4C[C@H](O)CC[C@]4(C)[C@H]3CC[C@]12C. The molecule has 5 heteroatoms. The van der Waals surface area contributed by atoms with Gasteiger partial charge in [0, 0.05) is 13.0 Å². The van der Waals surface area contributed by atoms with Gasteiger partial charge >= 0.3 is 0 Å². The van der Waals surface area contributed by atoms with Gasteiger partial charge in [0.05, 0.1) is 25.9 Å². The molecule has 9 atom stereocenters. The van der Waals surface area contributed by atoms with Crippen LogP contribution in [0.15, 0.2) is 0 Å². The zero-order valence-corrected chi connectivity index (χ0v) is 21.4. The standard InChI is InChI=1S/C28H49NO4/c1-19(4-9-26(32)29-14-16-33-17-15-30)23-7-8-24-22-6-5-20-18-21(31)10-12-27(20,2)25(22)11-13-28(23,24)3/h19-25,30-31H,4-18H2,1-3H3,(H,29,32)/t19-,20-,21-,22+,23-,24+,25+,27+,28-/m1/s1. The Kier molecular flexibility index (Phi) is 8.12. The Hall–Kier alpha value is -0.650. The predicted octanol–water partition coefficient (Wildman–Crippen LogP) is 4.55. The van der Waals surface area contributed by atoms with Crippen LogP contribution in [-0.4, -0.2) is 48.6 Å². The van der Waals surface area contributed by atoms with Crippen molar-refractivity contribution in [3.8, 4) is 0 Å². The van der Waals surface area contributed by atoms with Crippen molar-refractivity contribution in [2.45, 2.75) is 97.5 Å². The van der Waals surface area contributed by atoms with Gasteiger partial charge in [0.1, 0.15) is 0 Å². The third-order valence-corrected chi connectivity index (χ3v) is 11.0. The molecule has 0 bridgehead atoms. The molecule has 4 saturated carbocycles. The van der Waals surface area contributed by atoms with Gasteiger partial charge in [-0.1, -0.05) is 20.8 Å². The van der Waals surface area contributed by atoms with Crippen LogP contribution in [0, 0.1) is 46.3 Å². The highest BCUT2D eigenvalue weighted by atomic mass is 16.5. The Morgan fingerprint density at radius 3 is 2.58 bits per heavy atom. The van der Waals surface area contributed by atoms with Crippen molar-refractivity contribution >= 4 is 5.91 Å². The number of ether oxygens (including phenoxy) is 1. The van der Waals surface area contributed by atoms with Crippen LogP contribution in [0.2, 0.25) is 0 Å². The lowest BCUT2D eigenvalue weighted by molar-refractivity contribution is -0.130. The van der Waals surface area contributed by atoms with E-state index in [1.165, 1.54) is 44.9 Å². The van der Waals surface area contributed by atoms with Crippen molar-refractivity contribution in [3.05, 3.63) is 0 Å². The molecule has 0 aromatic carbocycles. The number of amides is 1. The van der Waals surface area contributed by atoms with Crippen LogP contribution in [0.3, 0.4) is 0 Å². The average Bonchev–Trinajstić information content (AvgIpc) is 3.15. The molecule has 0 heterocycles. The first-order valence-corrected chi connectivity index (χ1v) is 13.9. The minimum atomic E-state index is -0.0598. The topological polar surface area (TPSA) is 78.8 Å². The maximum atomic E-state index is 12.3. The first-order chi connectivity index (χ1) is 15.8. The van der Waals surface area contributed by atoms with Gasteiger partial charge in [-0.25, -0.2) is 0 Å². The van der Waals surface area contributed by atoms with E-state index in [1.807, 2.05) is 0 Å². The normalized spacial score (nSPS) is 43.3. The molecule has 5 nitrogen and oxygen atoms in total. The summed E-state index contributed by atoms with van der Waals surface area (Å²) in [5, 5.41) is 22.0. The van der Waals surface area contributed by atoms with Gasteiger partial charge in [-0.3, -0.25) is 4.79 Å². The predicted molar refractivity (Wildman–Crippen MR) is 131 cm³/mol. The summed E-state index contributed by atoms with van der Waals surface area (Å²) < 4.78 is 5.22. The van der Waals surface area contributed by atoms with Gasteiger partial charge in [0.15, 0.2) is 0 Å². The van der Waals surface area contributed by atoms with E-state index >= 15 is 0 Å². The molecule has 0 aromatic rings. The van der Waals surface area contributed by atoms with Crippen molar-refractivity contribution in [2.24, 2.45) is 46.3 Å². The first-order valence-electron chi connectivity index (χ1n) is 13.9. The molecule has 33 heavy (non-hydrogen) atoms. The van der Waals surface area contributed by atoms with E-state index in [9.17, 15) is 9.90 Å². The number of hydrogen-bond donors (Lipinski definition) is 3. The molecule has 0 aromatic heterocycles. The molecule has 0 aliphatic heterocycles. The maximum absolute atomic E-state index is 12.3. The number of rotatable bonds is 9. The summed E-state index contributed by atoms with van der Waals surface area (Å²) >= 11 is 0. The second kappa shape index (κ2) is 10.5. The number of aliphatic hydroxyl groups excluding tert-OH is 2. The zero-order valence-electron chi connectivity index (χ0n) is 21.4. The molecule has 1 amide bonds.